The van der Waals surface area contributed by atoms with Gasteiger partial charge in [0.1, 0.15) is 5.54 Å². The van der Waals surface area contributed by atoms with Gasteiger partial charge in [0, 0.05) is 6.42 Å². The van der Waals surface area contributed by atoms with Gasteiger partial charge in [-0.15, -0.1) is 12.3 Å². The van der Waals surface area contributed by atoms with Gasteiger partial charge in [-0.05, 0) is 0 Å². The molecule has 0 bridgehead atoms. The second-order valence-electron chi connectivity index (χ2n) is 3.26. The van der Waals surface area contributed by atoms with Gasteiger partial charge in [0.25, 0.3) is 0 Å². The average Bonchev–Trinajstić information content (AvgIpc) is 2.26. The van der Waals surface area contributed by atoms with E-state index in [1.807, 2.05) is 0 Å². The molecule has 1 atom stereocenters. The van der Waals surface area contributed by atoms with Crippen LogP contribution in [0, 0.1) is 12.3 Å². The zero-order valence-electron chi connectivity index (χ0n) is 8.31. The Morgan fingerprint density at radius 3 is 2.20 bits per heavy atom. The molecule has 0 saturated carbocycles. The van der Waals surface area contributed by atoms with Crippen molar-refractivity contribution in [3.63, 3.8) is 0 Å². The molecule has 0 aromatic carbocycles. The topological polar surface area (TPSA) is 116 Å². The third-order valence-electron chi connectivity index (χ3n) is 1.97. The normalized spacial score (nSPS) is 13.0. The summed E-state index contributed by atoms with van der Waals surface area (Å²) in [6.45, 7) is -1.77. The smallest absolute Gasteiger partial charge is 0.238 e. The molecule has 0 rings (SSSR count). The minimum absolute atomic E-state index is 0.0458. The molecule has 6 heteroatoms. The van der Waals surface area contributed by atoms with Crippen LogP contribution in [0.4, 0.5) is 0 Å². The first-order valence-electron chi connectivity index (χ1n) is 4.39. The second-order valence-corrected chi connectivity index (χ2v) is 3.26. The number of terminal acetylenes is 1. The Kier molecular flexibility index (Phi) is 5.89. The summed E-state index contributed by atoms with van der Waals surface area (Å²) in [7, 11) is 0. The minimum Gasteiger partial charge on any atom is -0.394 e. The van der Waals surface area contributed by atoms with Crippen LogP contribution in [0.3, 0.4) is 0 Å². The lowest BCUT2D eigenvalue weighted by molar-refractivity contribution is -0.126. The highest BCUT2D eigenvalue weighted by molar-refractivity contribution is 5.82. The van der Waals surface area contributed by atoms with E-state index in [9.17, 15) is 4.79 Å². The van der Waals surface area contributed by atoms with Crippen molar-refractivity contribution < 1.29 is 20.1 Å². The van der Waals surface area contributed by atoms with Crippen molar-refractivity contribution in [2.45, 2.75) is 18.0 Å². The molecule has 0 heterocycles. The molecule has 0 fully saturated rings. The molecule has 0 aromatic rings. The first kappa shape index (κ1) is 13.9. The highest BCUT2D eigenvalue weighted by Crippen LogP contribution is 2.02. The van der Waals surface area contributed by atoms with Crippen molar-refractivity contribution in [1.82, 2.24) is 5.32 Å². The van der Waals surface area contributed by atoms with Gasteiger partial charge in [-0.2, -0.15) is 0 Å². The average molecular weight is 216 g/mol. The lowest BCUT2D eigenvalue weighted by Gasteiger charge is -2.29. The van der Waals surface area contributed by atoms with Crippen molar-refractivity contribution in [1.29, 1.82) is 0 Å². The van der Waals surface area contributed by atoms with E-state index in [0.29, 0.717) is 0 Å². The van der Waals surface area contributed by atoms with Gasteiger partial charge < -0.3 is 26.4 Å². The number of rotatable bonds is 6. The van der Waals surface area contributed by atoms with Crippen LogP contribution < -0.4 is 11.1 Å². The SMILES string of the molecule is C#CCC(N)C(=O)NC(CO)(CO)CO. The number of amides is 1. The molecule has 6 N–H and O–H groups in total. The van der Waals surface area contributed by atoms with E-state index in [0.717, 1.165) is 0 Å². The zero-order valence-corrected chi connectivity index (χ0v) is 8.31. The molecule has 0 aliphatic carbocycles. The highest BCUT2D eigenvalue weighted by atomic mass is 16.3. The minimum atomic E-state index is -1.46. The van der Waals surface area contributed by atoms with Crippen molar-refractivity contribution >= 4 is 5.91 Å². The van der Waals surface area contributed by atoms with Gasteiger partial charge in [-0.3, -0.25) is 4.79 Å². The van der Waals surface area contributed by atoms with Crippen LogP contribution in [-0.2, 0) is 4.79 Å². The molecule has 0 aliphatic heterocycles. The number of hydrogen-bond donors (Lipinski definition) is 5. The van der Waals surface area contributed by atoms with E-state index >= 15 is 0 Å². The Bertz CT molecular complexity index is 237. The van der Waals surface area contributed by atoms with Crippen LogP contribution in [0.25, 0.3) is 0 Å². The van der Waals surface area contributed by atoms with Gasteiger partial charge in [0.2, 0.25) is 5.91 Å². The standard InChI is InChI=1S/C9H16N2O4/c1-2-3-7(10)8(15)11-9(4-12,5-13)6-14/h1,7,12-14H,3-6,10H2,(H,11,15). The summed E-state index contributed by atoms with van der Waals surface area (Å²) < 4.78 is 0. The third kappa shape index (κ3) is 3.85. The van der Waals surface area contributed by atoms with Crippen molar-refractivity contribution in [2.24, 2.45) is 5.73 Å². The van der Waals surface area contributed by atoms with E-state index < -0.39 is 37.3 Å². The highest BCUT2D eigenvalue weighted by Gasteiger charge is 2.31. The Labute approximate surface area is 88.1 Å². The number of nitrogens with two attached hydrogens (primary N) is 1. The Balaban J connectivity index is 4.42. The lowest BCUT2D eigenvalue weighted by Crippen LogP contribution is -2.60. The maximum Gasteiger partial charge on any atom is 0.238 e. The molecular formula is C9H16N2O4. The number of nitrogens with one attached hydrogen (secondary N) is 1. The first-order chi connectivity index (χ1) is 7.05. The molecule has 1 amide bonds. The van der Waals surface area contributed by atoms with E-state index in [4.69, 9.17) is 27.5 Å². The van der Waals surface area contributed by atoms with Gasteiger partial charge in [-0.1, -0.05) is 0 Å². The van der Waals surface area contributed by atoms with Crippen LogP contribution in [0.1, 0.15) is 6.42 Å². The van der Waals surface area contributed by atoms with Crippen LogP contribution in [-0.4, -0.2) is 52.6 Å². The molecule has 6 nitrogen and oxygen atoms in total. The monoisotopic (exact) mass is 216 g/mol. The Morgan fingerprint density at radius 2 is 1.87 bits per heavy atom. The summed E-state index contributed by atoms with van der Waals surface area (Å²) in [5.41, 5.74) is 3.94. The molecule has 15 heavy (non-hydrogen) atoms. The fraction of sp³-hybridized carbons (Fsp3) is 0.667. The van der Waals surface area contributed by atoms with Crippen LogP contribution in [0.2, 0.25) is 0 Å². The molecule has 1 unspecified atom stereocenters. The summed E-state index contributed by atoms with van der Waals surface area (Å²) in [5, 5.41) is 29.0. The molecule has 86 valence electrons. The predicted molar refractivity (Wildman–Crippen MR) is 53.6 cm³/mol. The Morgan fingerprint density at radius 1 is 1.40 bits per heavy atom. The van der Waals surface area contributed by atoms with Crippen molar-refractivity contribution in [3.05, 3.63) is 0 Å². The van der Waals surface area contributed by atoms with Crippen molar-refractivity contribution in [2.75, 3.05) is 19.8 Å². The quantitative estimate of drug-likeness (QED) is 0.307. The molecular weight excluding hydrogens is 200 g/mol. The summed E-state index contributed by atoms with van der Waals surface area (Å²) in [5.74, 6) is 1.59. The summed E-state index contributed by atoms with van der Waals surface area (Å²) >= 11 is 0. The van der Waals surface area contributed by atoms with E-state index in [2.05, 4.69) is 11.2 Å². The van der Waals surface area contributed by atoms with Gasteiger partial charge in [-0.25, -0.2) is 0 Å². The fourth-order valence-electron chi connectivity index (χ4n) is 0.842. The van der Waals surface area contributed by atoms with E-state index in [1.165, 1.54) is 0 Å². The van der Waals surface area contributed by atoms with Gasteiger partial charge >= 0.3 is 0 Å². The molecule has 0 spiro atoms. The first-order valence-corrected chi connectivity index (χ1v) is 4.39. The summed E-state index contributed by atoms with van der Waals surface area (Å²) in [6, 6.07) is -0.918. The zero-order chi connectivity index (χ0) is 11.9. The second kappa shape index (κ2) is 6.37. The number of hydrogen-bond acceptors (Lipinski definition) is 5. The molecule has 0 radical (unpaired) electrons. The van der Waals surface area contributed by atoms with Crippen molar-refractivity contribution in [3.8, 4) is 12.3 Å². The predicted octanol–water partition coefficient (Wildman–Crippen LogP) is -2.83. The largest absolute Gasteiger partial charge is 0.394 e. The Hall–Kier alpha value is -1.13. The molecule has 0 aliphatic rings. The lowest BCUT2D eigenvalue weighted by atomic mass is 10.0. The van der Waals surface area contributed by atoms with Crippen LogP contribution in [0.15, 0.2) is 0 Å². The fourth-order valence-corrected chi connectivity index (χ4v) is 0.842. The third-order valence-corrected chi connectivity index (χ3v) is 1.97. The van der Waals surface area contributed by atoms with Gasteiger partial charge in [0.05, 0.1) is 25.9 Å². The maximum absolute atomic E-state index is 11.4. The molecule has 0 aromatic heterocycles. The number of carbonyl (C=O) groups is 1. The van der Waals surface area contributed by atoms with E-state index in [1.54, 1.807) is 0 Å². The number of carbonyl (C=O) groups excluding carboxylic acids is 1. The van der Waals surface area contributed by atoms with Gasteiger partial charge in [0.15, 0.2) is 0 Å². The number of aliphatic hydroxyl groups excluding tert-OH is 3. The van der Waals surface area contributed by atoms with E-state index in [-0.39, 0.29) is 6.42 Å². The van der Waals surface area contributed by atoms with Crippen LogP contribution >= 0.6 is 0 Å². The van der Waals surface area contributed by atoms with Crippen LogP contribution in [0.5, 0.6) is 0 Å². The summed E-state index contributed by atoms with van der Waals surface area (Å²) in [4.78, 5) is 11.4. The molecule has 0 saturated heterocycles. The number of aliphatic hydroxyl groups is 3. The summed E-state index contributed by atoms with van der Waals surface area (Å²) in [6.07, 6.45) is 5.02. The maximum atomic E-state index is 11.4.